The first-order valence-electron chi connectivity index (χ1n) is 8.06. The van der Waals surface area contributed by atoms with Crippen molar-refractivity contribution in [2.45, 2.75) is 18.2 Å². The van der Waals surface area contributed by atoms with Crippen molar-refractivity contribution in [3.63, 3.8) is 0 Å². The van der Waals surface area contributed by atoms with E-state index in [1.165, 1.54) is 23.5 Å². The molecule has 2 aromatic rings. The number of carbonyl (C=O) groups excluding carboxylic acids is 1. The molecular formula is C16H19N7O3. The molecule has 1 saturated heterocycles. The molecule has 3 heterocycles. The fraction of sp³-hybridized carbons (Fsp3) is 0.438. The third-order valence-electron chi connectivity index (χ3n) is 4.75. The van der Waals surface area contributed by atoms with Crippen molar-refractivity contribution in [3.05, 3.63) is 18.6 Å². The molecule has 4 N–H and O–H groups in total. The monoisotopic (exact) mass is 357 g/mol. The summed E-state index contributed by atoms with van der Waals surface area (Å²) in [6.45, 7) is 0.368. The summed E-state index contributed by atoms with van der Waals surface area (Å²) in [7, 11) is 1.80. The van der Waals surface area contributed by atoms with Crippen molar-refractivity contribution >= 4 is 29.0 Å². The minimum atomic E-state index is -3.05. The molecule has 0 bridgehead atoms. The summed E-state index contributed by atoms with van der Waals surface area (Å²) < 4.78 is 0. The highest BCUT2D eigenvalue weighted by molar-refractivity contribution is 5.88. The number of fused-ring (bicyclic) bond motifs is 1. The smallest absolute Gasteiger partial charge is 0.336 e. The van der Waals surface area contributed by atoms with E-state index in [0.29, 0.717) is 17.9 Å². The van der Waals surface area contributed by atoms with E-state index in [0.717, 1.165) is 5.39 Å². The minimum absolute atomic E-state index is 0.135. The highest BCUT2D eigenvalue weighted by atomic mass is 16.5. The molecule has 2 aromatic heterocycles. The van der Waals surface area contributed by atoms with Gasteiger partial charge in [-0.1, -0.05) is 0 Å². The molecule has 1 aliphatic heterocycles. The summed E-state index contributed by atoms with van der Waals surface area (Å²) in [6.07, 6.45) is 4.97. The summed E-state index contributed by atoms with van der Waals surface area (Å²) in [4.78, 5) is 26.8. The number of rotatable bonds is 4. The van der Waals surface area contributed by atoms with Gasteiger partial charge in [-0.2, -0.15) is 5.26 Å². The molecule has 26 heavy (non-hydrogen) atoms. The van der Waals surface area contributed by atoms with Gasteiger partial charge in [-0.25, -0.2) is 9.97 Å². The van der Waals surface area contributed by atoms with Crippen molar-refractivity contribution in [3.8, 4) is 6.07 Å². The van der Waals surface area contributed by atoms with E-state index in [-0.39, 0.29) is 25.0 Å². The van der Waals surface area contributed by atoms with Crippen LogP contribution in [-0.2, 0) is 4.79 Å². The molecule has 0 saturated carbocycles. The molecular weight excluding hydrogens is 338 g/mol. The number of anilines is 1. The lowest BCUT2D eigenvalue weighted by atomic mass is 9.91. The average Bonchev–Trinajstić information content (AvgIpc) is 3.15. The molecule has 0 radical (unpaired) electrons. The standard InChI is InChI=1S/C16H19N7O3/c1-22(14-11-2-4-19-13(11)20-9-21-14)12-7-23(5-3-10(12)6-17)15(24)16(25,26)8-18/h2,4,6,9-10,12,17,25-26H,3,5,7H2,1H3,(H,19,20,21). The number of aromatic nitrogens is 3. The first kappa shape index (κ1) is 17.8. The van der Waals surface area contributed by atoms with E-state index < -0.39 is 11.7 Å². The number of nitrogens with zero attached hydrogens (tertiary/aromatic N) is 5. The maximum atomic E-state index is 12.2. The zero-order valence-corrected chi connectivity index (χ0v) is 14.1. The quantitative estimate of drug-likeness (QED) is 0.326. The Morgan fingerprint density at radius 1 is 1.58 bits per heavy atom. The lowest BCUT2D eigenvalue weighted by molar-refractivity contribution is -0.178. The van der Waals surface area contributed by atoms with Crippen molar-refractivity contribution in [2.24, 2.45) is 5.92 Å². The molecule has 136 valence electrons. The van der Waals surface area contributed by atoms with Crippen molar-refractivity contribution in [1.82, 2.24) is 19.9 Å². The van der Waals surface area contributed by atoms with Crippen LogP contribution in [0.15, 0.2) is 18.6 Å². The van der Waals surface area contributed by atoms with Gasteiger partial charge in [0, 0.05) is 38.5 Å². The number of H-pyrrole nitrogens is 1. The molecule has 10 heteroatoms. The second-order valence-corrected chi connectivity index (χ2v) is 6.27. The summed E-state index contributed by atoms with van der Waals surface area (Å²) in [6, 6.07) is 2.73. The van der Waals surface area contributed by atoms with Crippen LogP contribution >= 0.6 is 0 Å². The maximum Gasteiger partial charge on any atom is 0.336 e. The topological polar surface area (TPSA) is 153 Å². The third-order valence-corrected chi connectivity index (χ3v) is 4.75. The zero-order valence-electron chi connectivity index (χ0n) is 14.1. The van der Waals surface area contributed by atoms with Crippen LogP contribution in [0.2, 0.25) is 0 Å². The number of likely N-dealkylation sites (tertiary alicyclic amines) is 1. The number of aromatic amines is 1. The largest absolute Gasteiger partial charge is 0.354 e. The van der Waals surface area contributed by atoms with Crippen LogP contribution in [-0.4, -0.2) is 74.2 Å². The number of nitriles is 1. The number of nitrogens with one attached hydrogen (secondary N) is 2. The molecule has 2 unspecified atom stereocenters. The van der Waals surface area contributed by atoms with Crippen molar-refractivity contribution in [1.29, 1.82) is 10.7 Å². The van der Waals surface area contributed by atoms with Gasteiger partial charge >= 0.3 is 5.79 Å². The Labute approximate surface area is 149 Å². The first-order chi connectivity index (χ1) is 12.4. The van der Waals surface area contributed by atoms with Crippen molar-refractivity contribution in [2.75, 3.05) is 25.0 Å². The molecule has 0 spiro atoms. The second kappa shape index (κ2) is 6.70. The van der Waals surface area contributed by atoms with Gasteiger partial charge in [0.15, 0.2) is 0 Å². The molecule has 3 rings (SSSR count). The van der Waals surface area contributed by atoms with Crippen molar-refractivity contribution < 1.29 is 15.0 Å². The Bertz CT molecular complexity index is 872. The van der Waals surface area contributed by atoms with Gasteiger partial charge in [0.05, 0.1) is 11.4 Å². The number of likely N-dealkylation sites (N-methyl/N-ethyl adjacent to an activating group) is 1. The molecule has 1 aliphatic rings. The molecule has 0 aromatic carbocycles. The number of hydrogen-bond donors (Lipinski definition) is 4. The Hall–Kier alpha value is -3.03. The molecule has 10 nitrogen and oxygen atoms in total. The normalized spacial score (nSPS) is 20.6. The predicted molar refractivity (Wildman–Crippen MR) is 92.3 cm³/mol. The summed E-state index contributed by atoms with van der Waals surface area (Å²) >= 11 is 0. The van der Waals surface area contributed by atoms with Crippen LogP contribution in [0.25, 0.3) is 11.0 Å². The summed E-state index contributed by atoms with van der Waals surface area (Å²) in [5, 5.41) is 36.4. The highest BCUT2D eigenvalue weighted by Gasteiger charge is 2.42. The molecule has 1 fully saturated rings. The van der Waals surface area contributed by atoms with Gasteiger partial charge in [0.1, 0.15) is 23.9 Å². The van der Waals surface area contributed by atoms with E-state index in [9.17, 15) is 15.0 Å². The van der Waals surface area contributed by atoms with E-state index in [2.05, 4.69) is 15.0 Å². The summed E-state index contributed by atoms with van der Waals surface area (Å²) in [5.41, 5.74) is 0.672. The van der Waals surface area contributed by atoms with Gasteiger partial charge in [0.25, 0.3) is 5.91 Å². The number of hydrogen-bond acceptors (Lipinski definition) is 8. The molecule has 1 amide bonds. The lowest BCUT2D eigenvalue weighted by Crippen LogP contribution is -2.58. The van der Waals surface area contributed by atoms with E-state index in [1.54, 1.807) is 13.2 Å². The fourth-order valence-electron chi connectivity index (χ4n) is 3.30. The second-order valence-electron chi connectivity index (χ2n) is 6.27. The minimum Gasteiger partial charge on any atom is -0.354 e. The van der Waals surface area contributed by atoms with Crippen LogP contribution in [0.3, 0.4) is 0 Å². The number of carbonyl (C=O) groups is 1. The Morgan fingerprint density at radius 2 is 2.35 bits per heavy atom. The van der Waals surface area contributed by atoms with Gasteiger partial charge in [0.2, 0.25) is 0 Å². The Morgan fingerprint density at radius 3 is 3.04 bits per heavy atom. The molecule has 0 aliphatic carbocycles. The lowest BCUT2D eigenvalue weighted by Gasteiger charge is -2.42. The third kappa shape index (κ3) is 2.98. The average molecular weight is 357 g/mol. The zero-order chi connectivity index (χ0) is 18.9. The number of aliphatic hydroxyl groups is 2. The van der Waals surface area contributed by atoms with E-state index in [4.69, 9.17) is 10.7 Å². The number of piperidine rings is 1. The highest BCUT2D eigenvalue weighted by Crippen LogP contribution is 2.28. The fourth-order valence-corrected chi connectivity index (χ4v) is 3.30. The van der Waals surface area contributed by atoms with E-state index >= 15 is 0 Å². The SMILES string of the molecule is CN(c1ncnc2[nH]ccc12)C1CN(C(=O)C(O)(O)C#N)CCC1C=N. The first-order valence-corrected chi connectivity index (χ1v) is 8.06. The Kier molecular flexibility index (Phi) is 4.58. The van der Waals surface area contributed by atoms with Gasteiger partial charge in [-0.05, 0) is 12.5 Å². The Balaban J connectivity index is 1.90. The predicted octanol–water partition coefficient (Wildman–Crippen LogP) is -0.535. The van der Waals surface area contributed by atoms with Crippen LogP contribution in [0, 0.1) is 22.7 Å². The van der Waals surface area contributed by atoms with Crippen LogP contribution in [0.1, 0.15) is 6.42 Å². The molecule has 2 atom stereocenters. The van der Waals surface area contributed by atoms with E-state index in [1.807, 2.05) is 11.0 Å². The van der Waals surface area contributed by atoms with Gasteiger partial charge in [-0.3, -0.25) is 4.79 Å². The van der Waals surface area contributed by atoms with Gasteiger partial charge in [-0.15, -0.1) is 0 Å². The van der Waals surface area contributed by atoms with Crippen LogP contribution in [0.5, 0.6) is 0 Å². The van der Waals surface area contributed by atoms with Crippen LogP contribution in [0.4, 0.5) is 5.82 Å². The maximum absolute atomic E-state index is 12.2. The van der Waals surface area contributed by atoms with Gasteiger partial charge < -0.3 is 30.4 Å². The number of amides is 1. The van der Waals surface area contributed by atoms with Crippen LogP contribution < -0.4 is 4.90 Å². The summed E-state index contributed by atoms with van der Waals surface area (Å²) in [5.74, 6) is -3.62.